The van der Waals surface area contributed by atoms with Gasteiger partial charge in [-0.25, -0.2) is 14.2 Å². The van der Waals surface area contributed by atoms with Crippen LogP contribution in [0, 0.1) is 5.82 Å². The molecule has 0 unspecified atom stereocenters. The summed E-state index contributed by atoms with van der Waals surface area (Å²) in [4.78, 5) is 14.8. The number of benzene rings is 1. The van der Waals surface area contributed by atoms with Gasteiger partial charge in [-0.3, -0.25) is 0 Å². The SMILES string of the molecule is O=C(O)c1ccc(F)cc1Oc1ccc(Cl)cn1. The standard InChI is InChI=1S/C12H7ClFNO3/c13-7-1-4-11(15-6-7)18-10-5-8(14)2-3-9(10)12(16)17/h1-6H,(H,16,17). The van der Waals surface area contributed by atoms with E-state index in [1.54, 1.807) is 0 Å². The van der Waals surface area contributed by atoms with Crippen molar-refractivity contribution in [2.24, 2.45) is 0 Å². The number of hydrogen-bond donors (Lipinski definition) is 1. The van der Waals surface area contributed by atoms with Crippen LogP contribution in [0.4, 0.5) is 4.39 Å². The molecule has 4 nitrogen and oxygen atoms in total. The molecule has 0 fully saturated rings. The third-order valence-corrected chi connectivity index (χ3v) is 2.31. The van der Waals surface area contributed by atoms with Gasteiger partial charge in [0.25, 0.3) is 0 Å². The van der Waals surface area contributed by atoms with Crippen molar-refractivity contribution in [3.8, 4) is 11.6 Å². The Kier molecular flexibility index (Phi) is 3.43. The van der Waals surface area contributed by atoms with Gasteiger partial charge in [-0.1, -0.05) is 11.6 Å². The number of carbonyl (C=O) groups is 1. The summed E-state index contributed by atoms with van der Waals surface area (Å²) >= 11 is 5.65. The number of nitrogens with zero attached hydrogens (tertiary/aromatic N) is 1. The lowest BCUT2D eigenvalue weighted by Gasteiger charge is -2.07. The molecule has 1 heterocycles. The van der Waals surface area contributed by atoms with E-state index < -0.39 is 11.8 Å². The van der Waals surface area contributed by atoms with Gasteiger partial charge in [0, 0.05) is 18.3 Å². The average molecular weight is 268 g/mol. The quantitative estimate of drug-likeness (QED) is 0.926. The predicted octanol–water partition coefficient (Wildman–Crippen LogP) is 3.36. The Morgan fingerprint density at radius 3 is 2.72 bits per heavy atom. The fourth-order valence-corrected chi connectivity index (χ4v) is 1.40. The molecule has 18 heavy (non-hydrogen) atoms. The largest absolute Gasteiger partial charge is 0.478 e. The van der Waals surface area contributed by atoms with Crippen LogP contribution in [-0.2, 0) is 0 Å². The van der Waals surface area contributed by atoms with E-state index in [9.17, 15) is 9.18 Å². The number of halogens is 2. The zero-order valence-electron chi connectivity index (χ0n) is 8.93. The van der Waals surface area contributed by atoms with E-state index in [1.807, 2.05) is 0 Å². The first-order valence-electron chi connectivity index (χ1n) is 4.88. The van der Waals surface area contributed by atoms with Crippen molar-refractivity contribution in [3.63, 3.8) is 0 Å². The van der Waals surface area contributed by atoms with Crippen molar-refractivity contribution < 1.29 is 19.0 Å². The number of pyridine rings is 1. The minimum Gasteiger partial charge on any atom is -0.478 e. The van der Waals surface area contributed by atoms with Gasteiger partial charge in [-0.15, -0.1) is 0 Å². The van der Waals surface area contributed by atoms with Crippen molar-refractivity contribution in [2.75, 3.05) is 0 Å². The van der Waals surface area contributed by atoms with E-state index in [0.717, 1.165) is 18.2 Å². The van der Waals surface area contributed by atoms with Crippen LogP contribution in [0.15, 0.2) is 36.5 Å². The topological polar surface area (TPSA) is 59.4 Å². The first-order valence-corrected chi connectivity index (χ1v) is 5.26. The highest BCUT2D eigenvalue weighted by molar-refractivity contribution is 6.30. The van der Waals surface area contributed by atoms with Crippen molar-refractivity contribution in [2.45, 2.75) is 0 Å². The monoisotopic (exact) mass is 267 g/mol. The van der Waals surface area contributed by atoms with Crippen molar-refractivity contribution in [3.05, 3.63) is 52.9 Å². The number of carboxylic acid groups (broad SMARTS) is 1. The summed E-state index contributed by atoms with van der Waals surface area (Å²) in [5.41, 5.74) is -0.145. The molecular formula is C12H7ClFNO3. The number of carboxylic acids is 1. The average Bonchev–Trinajstić information content (AvgIpc) is 2.32. The molecule has 1 aromatic carbocycles. The second kappa shape index (κ2) is 5.01. The number of hydrogen-bond acceptors (Lipinski definition) is 3. The zero-order chi connectivity index (χ0) is 13.1. The van der Waals surface area contributed by atoms with E-state index in [1.165, 1.54) is 18.3 Å². The van der Waals surface area contributed by atoms with Gasteiger partial charge < -0.3 is 9.84 Å². The normalized spacial score (nSPS) is 10.1. The molecule has 1 aromatic heterocycles. The molecule has 0 bridgehead atoms. The lowest BCUT2D eigenvalue weighted by molar-refractivity contribution is 0.0694. The highest BCUT2D eigenvalue weighted by Gasteiger charge is 2.13. The maximum Gasteiger partial charge on any atom is 0.339 e. The second-order valence-electron chi connectivity index (χ2n) is 3.36. The maximum absolute atomic E-state index is 13.1. The molecule has 0 atom stereocenters. The fraction of sp³-hybridized carbons (Fsp3) is 0. The Morgan fingerprint density at radius 1 is 1.33 bits per heavy atom. The van der Waals surface area contributed by atoms with Gasteiger partial charge in [0.1, 0.15) is 17.1 Å². The molecule has 0 spiro atoms. The first-order chi connectivity index (χ1) is 8.56. The van der Waals surface area contributed by atoms with Crippen LogP contribution in [0.2, 0.25) is 5.02 Å². The molecule has 0 saturated carbocycles. The minimum absolute atomic E-state index is 0.114. The lowest BCUT2D eigenvalue weighted by Crippen LogP contribution is -2.01. The van der Waals surface area contributed by atoms with Crippen molar-refractivity contribution in [1.82, 2.24) is 4.98 Å². The van der Waals surface area contributed by atoms with Gasteiger partial charge >= 0.3 is 5.97 Å². The molecule has 0 aliphatic rings. The molecule has 0 radical (unpaired) electrons. The molecule has 0 amide bonds. The number of aromatic carboxylic acids is 1. The van der Waals surface area contributed by atoms with Gasteiger partial charge in [0.05, 0.1) is 5.02 Å². The molecule has 6 heteroatoms. The smallest absolute Gasteiger partial charge is 0.339 e. The molecule has 0 aliphatic heterocycles. The van der Waals surface area contributed by atoms with Crippen LogP contribution in [-0.4, -0.2) is 16.1 Å². The Hall–Kier alpha value is -2.14. The summed E-state index contributed by atoms with van der Waals surface area (Å²) in [6.45, 7) is 0. The number of ether oxygens (including phenoxy) is 1. The summed E-state index contributed by atoms with van der Waals surface area (Å²) in [5, 5.41) is 9.35. The van der Waals surface area contributed by atoms with Crippen LogP contribution in [0.5, 0.6) is 11.6 Å². The van der Waals surface area contributed by atoms with E-state index in [2.05, 4.69) is 4.98 Å². The minimum atomic E-state index is -1.21. The molecular weight excluding hydrogens is 261 g/mol. The summed E-state index contributed by atoms with van der Waals surface area (Å²) < 4.78 is 18.3. The van der Waals surface area contributed by atoms with E-state index >= 15 is 0 Å². The maximum atomic E-state index is 13.1. The van der Waals surface area contributed by atoms with Crippen LogP contribution in [0.1, 0.15) is 10.4 Å². The summed E-state index contributed by atoms with van der Waals surface area (Å²) in [7, 11) is 0. The van der Waals surface area contributed by atoms with Gasteiger partial charge in [-0.2, -0.15) is 0 Å². The summed E-state index contributed by atoms with van der Waals surface area (Å²) in [5.74, 6) is -1.78. The van der Waals surface area contributed by atoms with Crippen LogP contribution >= 0.6 is 11.6 Å². The van der Waals surface area contributed by atoms with Crippen LogP contribution in [0.3, 0.4) is 0 Å². The highest BCUT2D eigenvalue weighted by Crippen LogP contribution is 2.25. The van der Waals surface area contributed by atoms with Gasteiger partial charge in [0.2, 0.25) is 5.88 Å². The first kappa shape index (κ1) is 12.3. The fourth-order valence-electron chi connectivity index (χ4n) is 1.29. The zero-order valence-corrected chi connectivity index (χ0v) is 9.69. The molecule has 92 valence electrons. The van der Waals surface area contributed by atoms with Crippen molar-refractivity contribution >= 4 is 17.6 Å². The van der Waals surface area contributed by atoms with Crippen LogP contribution < -0.4 is 4.74 Å². The molecule has 0 aliphatic carbocycles. The van der Waals surface area contributed by atoms with E-state index in [-0.39, 0.29) is 17.2 Å². The van der Waals surface area contributed by atoms with Crippen LogP contribution in [0.25, 0.3) is 0 Å². The molecule has 0 saturated heterocycles. The third kappa shape index (κ3) is 2.75. The Labute approximate surface area is 107 Å². The summed E-state index contributed by atoms with van der Waals surface area (Å²) in [6, 6.07) is 6.15. The van der Waals surface area contributed by atoms with E-state index in [0.29, 0.717) is 5.02 Å². The van der Waals surface area contributed by atoms with Gasteiger partial charge in [0.15, 0.2) is 0 Å². The lowest BCUT2D eigenvalue weighted by atomic mass is 10.2. The Bertz CT molecular complexity index is 586. The predicted molar refractivity (Wildman–Crippen MR) is 62.7 cm³/mol. The molecule has 2 aromatic rings. The molecule has 1 N–H and O–H groups in total. The summed E-state index contributed by atoms with van der Waals surface area (Å²) in [6.07, 6.45) is 1.34. The molecule has 2 rings (SSSR count). The second-order valence-corrected chi connectivity index (χ2v) is 3.80. The highest BCUT2D eigenvalue weighted by atomic mass is 35.5. The Balaban J connectivity index is 2.35. The Morgan fingerprint density at radius 2 is 2.11 bits per heavy atom. The number of rotatable bonds is 3. The number of aromatic nitrogens is 1. The third-order valence-electron chi connectivity index (χ3n) is 2.09. The van der Waals surface area contributed by atoms with Gasteiger partial charge in [-0.05, 0) is 18.2 Å². The van der Waals surface area contributed by atoms with E-state index in [4.69, 9.17) is 21.4 Å². The van der Waals surface area contributed by atoms with Crippen molar-refractivity contribution in [1.29, 1.82) is 0 Å².